The molecule has 2 aromatic rings. The van der Waals surface area contributed by atoms with Crippen LogP contribution in [0.1, 0.15) is 63.4 Å². The Morgan fingerprint density at radius 3 is 2.34 bits per heavy atom. The van der Waals surface area contributed by atoms with Crippen molar-refractivity contribution >= 4 is 23.4 Å². The summed E-state index contributed by atoms with van der Waals surface area (Å²) >= 11 is 0. The summed E-state index contributed by atoms with van der Waals surface area (Å²) in [4.78, 5) is 21.2. The van der Waals surface area contributed by atoms with Gasteiger partial charge in [-0.15, -0.1) is 0 Å². The summed E-state index contributed by atoms with van der Waals surface area (Å²) < 4.78 is 0. The molecule has 29 heavy (non-hydrogen) atoms. The van der Waals surface area contributed by atoms with Crippen LogP contribution in [0.15, 0.2) is 36.5 Å². The van der Waals surface area contributed by atoms with E-state index >= 15 is 0 Å². The monoisotopic (exact) mass is 393 g/mol. The number of hydrogen-bond donors (Lipinski definition) is 3. The van der Waals surface area contributed by atoms with Gasteiger partial charge < -0.3 is 16.0 Å². The number of aromatic nitrogens is 2. The predicted molar refractivity (Wildman–Crippen MR) is 116 cm³/mol. The number of hydrogen-bond acceptors (Lipinski definition) is 5. The van der Waals surface area contributed by atoms with Crippen LogP contribution in [0.5, 0.6) is 0 Å². The molecule has 2 aliphatic rings. The van der Waals surface area contributed by atoms with E-state index < -0.39 is 0 Å². The first-order valence-corrected chi connectivity index (χ1v) is 11.0. The molecule has 1 aromatic carbocycles. The molecule has 0 bridgehead atoms. The highest BCUT2D eigenvalue weighted by molar-refractivity contribution is 5.79. The van der Waals surface area contributed by atoms with E-state index in [-0.39, 0.29) is 5.91 Å². The van der Waals surface area contributed by atoms with Crippen molar-refractivity contribution in [2.24, 2.45) is 0 Å². The molecular formula is C23H31N5O. The van der Waals surface area contributed by atoms with Crippen LogP contribution < -0.4 is 16.0 Å². The number of carbonyl (C=O) groups is 1. The average Bonchev–Trinajstić information content (AvgIpc) is 3.23. The lowest BCUT2D eigenvalue weighted by atomic mass is 9.95. The summed E-state index contributed by atoms with van der Waals surface area (Å²) in [6.07, 6.45) is 13.2. The Kier molecular flexibility index (Phi) is 6.60. The molecule has 0 saturated heterocycles. The smallest absolute Gasteiger partial charge is 0.229 e. The van der Waals surface area contributed by atoms with Crippen molar-refractivity contribution in [3.8, 4) is 0 Å². The van der Waals surface area contributed by atoms with Crippen LogP contribution in [0.25, 0.3) is 0 Å². The van der Waals surface area contributed by atoms with Crippen LogP contribution in [-0.4, -0.2) is 28.0 Å². The molecule has 0 aliphatic heterocycles. The maximum absolute atomic E-state index is 12.3. The van der Waals surface area contributed by atoms with Crippen molar-refractivity contribution in [1.29, 1.82) is 0 Å². The van der Waals surface area contributed by atoms with Gasteiger partial charge in [-0.25, -0.2) is 4.98 Å². The van der Waals surface area contributed by atoms with Crippen molar-refractivity contribution < 1.29 is 4.79 Å². The molecule has 1 aromatic heterocycles. The second-order valence-electron chi connectivity index (χ2n) is 8.29. The van der Waals surface area contributed by atoms with E-state index in [1.54, 1.807) is 6.20 Å². The van der Waals surface area contributed by atoms with Gasteiger partial charge in [-0.1, -0.05) is 44.2 Å². The lowest BCUT2D eigenvalue weighted by Crippen LogP contribution is -2.37. The molecule has 1 heterocycles. The topological polar surface area (TPSA) is 78.9 Å². The molecule has 6 nitrogen and oxygen atoms in total. The predicted octanol–water partition coefficient (Wildman–Crippen LogP) is 4.57. The average molecular weight is 394 g/mol. The van der Waals surface area contributed by atoms with Gasteiger partial charge in [0.05, 0.1) is 6.42 Å². The van der Waals surface area contributed by atoms with Gasteiger partial charge in [0, 0.05) is 24.0 Å². The molecule has 2 fully saturated rings. The SMILES string of the molecule is O=C(Cc1ccc(Nc2nccc(NC3CCCC3)n2)cc1)NC1CCCCC1. The normalized spacial score (nSPS) is 17.8. The highest BCUT2D eigenvalue weighted by Gasteiger charge is 2.16. The van der Waals surface area contributed by atoms with E-state index in [1.807, 2.05) is 30.3 Å². The molecule has 2 saturated carbocycles. The van der Waals surface area contributed by atoms with Gasteiger partial charge in [-0.3, -0.25) is 4.79 Å². The van der Waals surface area contributed by atoms with Crippen molar-refractivity contribution in [1.82, 2.24) is 15.3 Å². The summed E-state index contributed by atoms with van der Waals surface area (Å²) in [7, 11) is 0. The Morgan fingerprint density at radius 1 is 0.897 bits per heavy atom. The van der Waals surface area contributed by atoms with E-state index in [4.69, 9.17) is 0 Å². The Bertz CT molecular complexity index is 795. The molecule has 0 atom stereocenters. The number of nitrogens with zero attached hydrogens (tertiary/aromatic N) is 2. The zero-order chi connectivity index (χ0) is 19.9. The van der Waals surface area contributed by atoms with Crippen LogP contribution in [0.2, 0.25) is 0 Å². The summed E-state index contributed by atoms with van der Waals surface area (Å²) in [6, 6.07) is 10.7. The highest BCUT2D eigenvalue weighted by atomic mass is 16.1. The van der Waals surface area contributed by atoms with Crippen LogP contribution in [0.4, 0.5) is 17.5 Å². The molecule has 0 spiro atoms. The summed E-state index contributed by atoms with van der Waals surface area (Å²) in [6.45, 7) is 0. The van der Waals surface area contributed by atoms with Crippen molar-refractivity contribution in [2.45, 2.75) is 76.3 Å². The largest absolute Gasteiger partial charge is 0.367 e. The minimum atomic E-state index is 0.117. The Labute approximate surface area is 172 Å². The molecular weight excluding hydrogens is 362 g/mol. The van der Waals surface area contributed by atoms with E-state index in [9.17, 15) is 4.79 Å². The molecule has 154 valence electrons. The molecule has 6 heteroatoms. The van der Waals surface area contributed by atoms with E-state index in [1.165, 1.54) is 44.9 Å². The number of amides is 1. The van der Waals surface area contributed by atoms with Gasteiger partial charge >= 0.3 is 0 Å². The van der Waals surface area contributed by atoms with Crippen molar-refractivity contribution in [3.63, 3.8) is 0 Å². The Morgan fingerprint density at radius 2 is 1.59 bits per heavy atom. The van der Waals surface area contributed by atoms with Crippen molar-refractivity contribution in [3.05, 3.63) is 42.1 Å². The fourth-order valence-corrected chi connectivity index (χ4v) is 4.32. The Hall–Kier alpha value is -2.63. The zero-order valence-corrected chi connectivity index (χ0v) is 17.0. The third-order valence-corrected chi connectivity index (χ3v) is 5.91. The van der Waals surface area contributed by atoms with E-state index in [0.717, 1.165) is 29.9 Å². The standard InChI is InChI=1S/C23H31N5O/c29-22(26-19-6-2-1-3-7-19)16-17-10-12-20(13-11-17)27-23-24-15-14-21(28-23)25-18-8-4-5-9-18/h10-15,18-19H,1-9,16H2,(H,26,29)(H2,24,25,27,28). The lowest BCUT2D eigenvalue weighted by molar-refractivity contribution is -0.121. The number of anilines is 3. The maximum atomic E-state index is 12.3. The second kappa shape index (κ2) is 9.72. The second-order valence-corrected chi connectivity index (χ2v) is 8.29. The zero-order valence-electron chi connectivity index (χ0n) is 17.0. The van der Waals surface area contributed by atoms with Gasteiger partial charge in [0.2, 0.25) is 11.9 Å². The van der Waals surface area contributed by atoms with Crippen LogP contribution in [-0.2, 0) is 11.2 Å². The van der Waals surface area contributed by atoms with Gasteiger partial charge in [0.15, 0.2) is 0 Å². The fourth-order valence-electron chi connectivity index (χ4n) is 4.32. The lowest BCUT2D eigenvalue weighted by Gasteiger charge is -2.22. The van der Waals surface area contributed by atoms with Gasteiger partial charge in [-0.2, -0.15) is 4.98 Å². The van der Waals surface area contributed by atoms with Gasteiger partial charge in [0.25, 0.3) is 0 Å². The maximum Gasteiger partial charge on any atom is 0.229 e. The minimum absolute atomic E-state index is 0.117. The fraction of sp³-hybridized carbons (Fsp3) is 0.522. The number of benzene rings is 1. The number of rotatable bonds is 7. The van der Waals surface area contributed by atoms with Crippen LogP contribution >= 0.6 is 0 Å². The first-order chi connectivity index (χ1) is 14.2. The third-order valence-electron chi connectivity index (χ3n) is 5.91. The minimum Gasteiger partial charge on any atom is -0.367 e. The molecule has 0 radical (unpaired) electrons. The van der Waals surface area contributed by atoms with Gasteiger partial charge in [0.1, 0.15) is 5.82 Å². The molecule has 2 aliphatic carbocycles. The van der Waals surface area contributed by atoms with E-state index in [2.05, 4.69) is 25.9 Å². The summed E-state index contributed by atoms with van der Waals surface area (Å²) in [5.74, 6) is 1.56. The van der Waals surface area contributed by atoms with E-state index in [0.29, 0.717) is 24.5 Å². The van der Waals surface area contributed by atoms with Gasteiger partial charge in [-0.05, 0) is 49.4 Å². The molecule has 0 unspecified atom stereocenters. The number of nitrogens with one attached hydrogen (secondary N) is 3. The quantitative estimate of drug-likeness (QED) is 0.642. The molecule has 1 amide bonds. The molecule has 3 N–H and O–H groups in total. The van der Waals surface area contributed by atoms with Crippen molar-refractivity contribution in [2.75, 3.05) is 10.6 Å². The summed E-state index contributed by atoms with van der Waals surface area (Å²) in [5, 5.41) is 9.92. The third kappa shape index (κ3) is 5.92. The van der Waals surface area contributed by atoms with Crippen LogP contribution in [0.3, 0.4) is 0 Å². The summed E-state index contributed by atoms with van der Waals surface area (Å²) in [5.41, 5.74) is 1.93. The molecule has 4 rings (SSSR count). The Balaban J connectivity index is 1.29. The number of carbonyl (C=O) groups excluding carboxylic acids is 1. The van der Waals surface area contributed by atoms with Crippen LogP contribution in [0, 0.1) is 0 Å². The first kappa shape index (κ1) is 19.7. The first-order valence-electron chi connectivity index (χ1n) is 11.0. The highest BCUT2D eigenvalue weighted by Crippen LogP contribution is 2.22.